The zero-order valence-electron chi connectivity index (χ0n) is 27.6. The smallest absolute Gasteiger partial charge is 0.374 e. The van der Waals surface area contributed by atoms with Gasteiger partial charge in [-0.1, -0.05) is 140 Å². The van der Waals surface area contributed by atoms with Crippen LogP contribution < -0.4 is 0 Å². The van der Waals surface area contributed by atoms with Crippen LogP contribution in [-0.2, 0) is 30.2 Å². The number of benzene rings is 1. The first-order valence-electron chi connectivity index (χ1n) is 17.2. The van der Waals surface area contributed by atoms with Crippen LogP contribution in [0, 0.1) is 0 Å². The summed E-state index contributed by atoms with van der Waals surface area (Å²) in [7, 11) is -1.92. The van der Waals surface area contributed by atoms with Crippen molar-refractivity contribution in [2.24, 2.45) is 0 Å². The van der Waals surface area contributed by atoms with Gasteiger partial charge in [-0.3, -0.25) is 0 Å². The van der Waals surface area contributed by atoms with Crippen LogP contribution >= 0.6 is 20.2 Å². The third kappa shape index (κ3) is 20.7. The van der Waals surface area contributed by atoms with Gasteiger partial charge in [0.1, 0.15) is 15.1 Å². The molecule has 250 valence electrons. The summed E-state index contributed by atoms with van der Waals surface area (Å²) in [6, 6.07) is 9.15. The van der Waals surface area contributed by atoms with E-state index in [4.69, 9.17) is 14.2 Å². The Hall–Kier alpha value is -0.850. The number of thioether (sulfide) groups is 1. The second kappa shape index (κ2) is 27.5. The van der Waals surface area contributed by atoms with Crippen molar-refractivity contribution in [2.75, 3.05) is 19.0 Å². The number of hydrogen-bond donors (Lipinski definition) is 1. The van der Waals surface area contributed by atoms with Crippen LogP contribution in [0.25, 0.3) is 0 Å². The minimum Gasteiger partial charge on any atom is -0.456 e. The number of carbonyl (C=O) groups is 1. The van der Waals surface area contributed by atoms with Gasteiger partial charge in [0.2, 0.25) is 0 Å². The molecule has 0 heterocycles. The number of aliphatic hydroxyl groups is 1. The molecule has 0 saturated heterocycles. The lowest BCUT2D eigenvalue weighted by molar-refractivity contribution is -0.197. The summed E-state index contributed by atoms with van der Waals surface area (Å²) >= 11 is 2.06. The molecule has 6 nitrogen and oxygen atoms in total. The zero-order valence-corrected chi connectivity index (χ0v) is 29.5. The van der Waals surface area contributed by atoms with E-state index < -0.39 is 20.0 Å². The molecular weight excluding hydrogens is 579 g/mol. The summed E-state index contributed by atoms with van der Waals surface area (Å²) in [6.07, 6.45) is 23.1. The lowest BCUT2D eigenvalue weighted by Crippen LogP contribution is -2.37. The Kier molecular flexibility index (Phi) is 25.7. The molecule has 1 N–H and O–H groups in total. The van der Waals surface area contributed by atoms with Crippen LogP contribution in [0.4, 0.5) is 0 Å². The number of ether oxygens (including phenoxy) is 3. The molecule has 4 unspecified atom stereocenters. The number of hydrogen-bond acceptors (Lipinski definition) is 7. The Labute approximate surface area is 269 Å². The van der Waals surface area contributed by atoms with Crippen molar-refractivity contribution in [1.82, 2.24) is 0 Å². The fourth-order valence-corrected chi connectivity index (χ4v) is 6.76. The van der Waals surface area contributed by atoms with E-state index in [0.717, 1.165) is 5.56 Å². The quantitative estimate of drug-likeness (QED) is 0.0387. The van der Waals surface area contributed by atoms with Crippen LogP contribution in [-0.4, -0.2) is 46.9 Å². The Morgan fingerprint density at radius 1 is 0.814 bits per heavy atom. The second-order valence-electron chi connectivity index (χ2n) is 11.8. The van der Waals surface area contributed by atoms with Gasteiger partial charge in [0.25, 0.3) is 0 Å². The van der Waals surface area contributed by atoms with Gasteiger partial charge in [0.15, 0.2) is 0 Å². The fourth-order valence-electron chi connectivity index (χ4n) is 5.03. The van der Waals surface area contributed by atoms with Crippen molar-refractivity contribution in [3.63, 3.8) is 0 Å². The first kappa shape index (κ1) is 40.2. The molecule has 0 aliphatic rings. The minimum absolute atomic E-state index is 0.0117. The average Bonchev–Trinajstić information content (AvgIpc) is 3.03. The maximum absolute atomic E-state index is 12.4. The van der Waals surface area contributed by atoms with E-state index in [1.165, 1.54) is 115 Å². The molecule has 0 radical (unpaired) electrons. The number of carbonyl (C=O) groups excluding carboxylic acids is 1. The monoisotopic (exact) mass is 642 g/mol. The lowest BCUT2D eigenvalue weighted by Gasteiger charge is -2.25. The van der Waals surface area contributed by atoms with Crippen LogP contribution in [0.15, 0.2) is 30.3 Å². The number of esters is 1. The van der Waals surface area contributed by atoms with Gasteiger partial charge in [-0.15, -0.1) is 0 Å². The normalized spacial score (nSPS) is 14.6. The highest BCUT2D eigenvalue weighted by molar-refractivity contribution is 7.99. The van der Waals surface area contributed by atoms with Crippen molar-refractivity contribution < 1.29 is 28.7 Å². The molecular formula is C35H63O6PS. The molecule has 1 aromatic rings. The van der Waals surface area contributed by atoms with E-state index in [0.29, 0.717) is 18.3 Å². The molecule has 0 saturated carbocycles. The molecule has 0 aliphatic heterocycles. The maximum Gasteiger partial charge on any atom is 0.374 e. The second-order valence-corrected chi connectivity index (χ2v) is 14.2. The molecule has 0 fully saturated rings. The molecule has 4 atom stereocenters. The Balaban J connectivity index is 2.35. The van der Waals surface area contributed by atoms with E-state index in [2.05, 4.69) is 32.5 Å². The van der Waals surface area contributed by atoms with Crippen LogP contribution in [0.5, 0.6) is 0 Å². The van der Waals surface area contributed by atoms with E-state index >= 15 is 0 Å². The Morgan fingerprint density at radius 3 is 1.95 bits per heavy atom. The van der Waals surface area contributed by atoms with Crippen molar-refractivity contribution in [3.05, 3.63) is 35.9 Å². The summed E-state index contributed by atoms with van der Waals surface area (Å²) in [5.74, 6) is 0.163. The largest absolute Gasteiger partial charge is 0.456 e. The molecule has 1 aromatic carbocycles. The van der Waals surface area contributed by atoms with Gasteiger partial charge >= 0.3 is 11.5 Å². The lowest BCUT2D eigenvalue weighted by atomic mass is 10.1. The van der Waals surface area contributed by atoms with Gasteiger partial charge in [0, 0.05) is 11.9 Å². The molecule has 0 spiro atoms. The SMILES string of the molecule is CCCCCCCCCCCCSC(CCCCCCCC)C(C)OCCCOC(O)([PH2]=O)C(=O)OCc1ccccc1. The highest BCUT2D eigenvalue weighted by atomic mass is 32.2. The van der Waals surface area contributed by atoms with E-state index in [1.54, 1.807) is 0 Å². The van der Waals surface area contributed by atoms with E-state index in [9.17, 15) is 14.5 Å². The van der Waals surface area contributed by atoms with Crippen LogP contribution in [0.1, 0.15) is 142 Å². The van der Waals surface area contributed by atoms with Gasteiger partial charge in [-0.25, -0.2) is 4.79 Å². The van der Waals surface area contributed by atoms with Gasteiger partial charge in [-0.2, -0.15) is 11.8 Å². The third-order valence-electron chi connectivity index (χ3n) is 7.85. The topological polar surface area (TPSA) is 82.1 Å². The fraction of sp³-hybridized carbons (Fsp3) is 0.800. The van der Waals surface area contributed by atoms with Crippen molar-refractivity contribution in [3.8, 4) is 0 Å². The third-order valence-corrected chi connectivity index (χ3v) is 10.1. The molecule has 43 heavy (non-hydrogen) atoms. The number of rotatable bonds is 30. The predicted octanol–water partition coefficient (Wildman–Crippen LogP) is 9.72. The molecule has 0 bridgehead atoms. The summed E-state index contributed by atoms with van der Waals surface area (Å²) in [6.45, 7) is 7.19. The van der Waals surface area contributed by atoms with Crippen molar-refractivity contribution in [1.29, 1.82) is 0 Å². The molecule has 0 aromatic heterocycles. The highest BCUT2D eigenvalue weighted by Crippen LogP contribution is 2.27. The molecule has 0 amide bonds. The molecule has 8 heteroatoms. The van der Waals surface area contributed by atoms with Crippen LogP contribution in [0.2, 0.25) is 0 Å². The summed E-state index contributed by atoms with van der Waals surface area (Å²) < 4.78 is 28.4. The van der Waals surface area contributed by atoms with Crippen molar-refractivity contribution >= 4 is 26.2 Å². The Morgan fingerprint density at radius 2 is 1.37 bits per heavy atom. The minimum atomic E-state index is -2.40. The van der Waals surface area contributed by atoms with Crippen molar-refractivity contribution in [2.45, 2.75) is 160 Å². The first-order valence-corrected chi connectivity index (χ1v) is 19.3. The summed E-state index contributed by atoms with van der Waals surface area (Å²) in [4.78, 5) is 12.4. The maximum atomic E-state index is 12.4. The molecule has 1 rings (SSSR count). The Bertz CT molecular complexity index is 798. The summed E-state index contributed by atoms with van der Waals surface area (Å²) in [5, 5.41) is 10.9. The van der Waals surface area contributed by atoms with E-state index in [1.807, 2.05) is 30.3 Å². The van der Waals surface area contributed by atoms with Gasteiger partial charge in [0.05, 0.1) is 12.7 Å². The first-order chi connectivity index (χ1) is 21.0. The van der Waals surface area contributed by atoms with E-state index in [-0.39, 0.29) is 19.3 Å². The van der Waals surface area contributed by atoms with Gasteiger partial charge in [-0.05, 0) is 37.5 Å². The standard InChI is InChI=1S/C35H63O6PS/c1-4-6-8-10-12-13-14-15-17-22-29-43-33(26-21-16-11-9-7-5-2)31(3)39-27-23-28-41-35(37,42-38)34(36)40-30-32-24-19-18-20-25-32/h18-20,24-25,31,33,37H,4-17,21-23,26-30,42H2,1-3H3. The average molecular weight is 643 g/mol. The zero-order chi connectivity index (χ0) is 31.4. The van der Waals surface area contributed by atoms with Crippen LogP contribution in [0.3, 0.4) is 0 Å². The molecule has 0 aliphatic carbocycles. The highest BCUT2D eigenvalue weighted by Gasteiger charge is 2.38. The number of unbranched alkanes of at least 4 members (excludes halogenated alkanes) is 14. The predicted molar refractivity (Wildman–Crippen MR) is 184 cm³/mol. The summed E-state index contributed by atoms with van der Waals surface area (Å²) in [5.41, 5.74) is -1.62. The van der Waals surface area contributed by atoms with Gasteiger partial charge < -0.3 is 23.9 Å².